The van der Waals surface area contributed by atoms with Crippen molar-refractivity contribution in [2.45, 2.75) is 77.4 Å². The lowest BCUT2D eigenvalue weighted by Gasteiger charge is -2.63. The second kappa shape index (κ2) is 9.48. The summed E-state index contributed by atoms with van der Waals surface area (Å²) in [6.45, 7) is 5.61. The predicted molar refractivity (Wildman–Crippen MR) is 128 cm³/mol. The molecule has 7 unspecified atom stereocenters. The van der Waals surface area contributed by atoms with Gasteiger partial charge in [0.05, 0.1) is 31.6 Å². The minimum Gasteiger partial charge on any atom is -0.467 e. The van der Waals surface area contributed by atoms with Gasteiger partial charge in [0.15, 0.2) is 6.29 Å². The van der Waals surface area contributed by atoms with Gasteiger partial charge in [0.1, 0.15) is 5.76 Å². The van der Waals surface area contributed by atoms with Crippen LogP contribution in [-0.2, 0) is 27.2 Å². The van der Waals surface area contributed by atoms with Crippen LogP contribution < -0.4 is 5.32 Å². The number of hydrogen-bond donors (Lipinski definition) is 2. The Labute approximate surface area is 202 Å². The van der Waals surface area contributed by atoms with E-state index in [-0.39, 0.29) is 35.0 Å². The van der Waals surface area contributed by atoms with Crippen molar-refractivity contribution in [2.75, 3.05) is 6.61 Å². The summed E-state index contributed by atoms with van der Waals surface area (Å²) in [6, 6.07) is 14.0. The largest absolute Gasteiger partial charge is 0.467 e. The highest BCUT2D eigenvalue weighted by Crippen LogP contribution is 2.62. The Kier molecular flexibility index (Phi) is 6.58. The third-order valence-electron chi connectivity index (χ3n) is 8.92. The molecule has 7 atom stereocenters. The average Bonchev–Trinajstić information content (AvgIpc) is 3.35. The zero-order valence-electron chi connectivity index (χ0n) is 20.2. The zero-order valence-corrected chi connectivity index (χ0v) is 20.2. The van der Waals surface area contributed by atoms with E-state index >= 15 is 0 Å². The van der Waals surface area contributed by atoms with Gasteiger partial charge in [-0.1, -0.05) is 44.2 Å². The smallest absolute Gasteiger partial charge is 0.220 e. The van der Waals surface area contributed by atoms with E-state index in [1.807, 2.05) is 30.3 Å². The number of amides is 1. The summed E-state index contributed by atoms with van der Waals surface area (Å²) in [5.41, 5.74) is 0.964. The van der Waals surface area contributed by atoms with Crippen LogP contribution in [0.5, 0.6) is 0 Å². The quantitative estimate of drug-likeness (QED) is 0.656. The number of aliphatic hydroxyl groups excluding tert-OH is 1. The fourth-order valence-corrected chi connectivity index (χ4v) is 7.07. The van der Waals surface area contributed by atoms with Gasteiger partial charge in [-0.15, -0.1) is 0 Å². The minimum atomic E-state index is -0.466. The third kappa shape index (κ3) is 4.43. The summed E-state index contributed by atoms with van der Waals surface area (Å²) in [7, 11) is 0. The molecule has 6 heteroatoms. The standard InChI is InChI=1S/C28H37NO5/c1-27-13-12-24-28(2,18-33-26(34-24)15-19-7-4-3-5-8-19)23(27)11-10-22(30)21(27)16-25(31)29-17-20-9-6-14-32-20/h3-9,14,21-24,26,30H,10-13,15-18H2,1-2H3,(H,29,31). The van der Waals surface area contributed by atoms with E-state index in [0.29, 0.717) is 31.9 Å². The number of hydrogen-bond acceptors (Lipinski definition) is 5. The van der Waals surface area contributed by atoms with Crippen LogP contribution in [0, 0.1) is 22.7 Å². The van der Waals surface area contributed by atoms with Gasteiger partial charge in [0.2, 0.25) is 5.91 Å². The Balaban J connectivity index is 1.27. The van der Waals surface area contributed by atoms with Crippen molar-refractivity contribution < 1.29 is 23.8 Å². The normalized spacial score (nSPS) is 37.4. The molecule has 5 rings (SSSR count). The highest BCUT2D eigenvalue weighted by atomic mass is 16.7. The maximum absolute atomic E-state index is 12.8. The van der Waals surface area contributed by atoms with E-state index in [1.54, 1.807) is 6.26 Å². The summed E-state index contributed by atoms with van der Waals surface area (Å²) in [5.74, 6) is 0.954. The fraction of sp³-hybridized carbons (Fsp3) is 0.607. The second-order valence-electron chi connectivity index (χ2n) is 11.0. The van der Waals surface area contributed by atoms with E-state index < -0.39 is 6.10 Å². The van der Waals surface area contributed by atoms with Gasteiger partial charge in [-0.2, -0.15) is 0 Å². The van der Waals surface area contributed by atoms with E-state index in [4.69, 9.17) is 13.9 Å². The monoisotopic (exact) mass is 467 g/mol. The van der Waals surface area contributed by atoms with Crippen molar-refractivity contribution in [3.05, 3.63) is 60.1 Å². The van der Waals surface area contributed by atoms with E-state index in [9.17, 15) is 9.90 Å². The van der Waals surface area contributed by atoms with Crippen LogP contribution in [0.2, 0.25) is 0 Å². The molecule has 184 valence electrons. The Bertz CT molecular complexity index is 962. The average molecular weight is 468 g/mol. The zero-order chi connectivity index (χ0) is 23.8. The molecule has 1 aromatic heterocycles. The molecule has 0 spiro atoms. The van der Waals surface area contributed by atoms with Crippen LogP contribution in [-0.4, -0.2) is 36.1 Å². The van der Waals surface area contributed by atoms with Gasteiger partial charge in [0, 0.05) is 18.3 Å². The molecule has 1 saturated heterocycles. The van der Waals surface area contributed by atoms with Crippen molar-refractivity contribution in [3.8, 4) is 0 Å². The lowest BCUT2D eigenvalue weighted by molar-refractivity contribution is -0.308. The first-order valence-electron chi connectivity index (χ1n) is 12.7. The number of benzene rings is 1. The van der Waals surface area contributed by atoms with Gasteiger partial charge in [0.25, 0.3) is 0 Å². The molecular formula is C28H37NO5. The van der Waals surface area contributed by atoms with Crippen LogP contribution in [0.3, 0.4) is 0 Å². The molecule has 3 fully saturated rings. The third-order valence-corrected chi connectivity index (χ3v) is 8.92. The lowest BCUT2D eigenvalue weighted by Crippen LogP contribution is -2.63. The molecule has 2 saturated carbocycles. The van der Waals surface area contributed by atoms with Crippen LogP contribution in [0.15, 0.2) is 53.1 Å². The molecule has 1 amide bonds. The van der Waals surface area contributed by atoms with Crippen molar-refractivity contribution in [1.29, 1.82) is 0 Å². The van der Waals surface area contributed by atoms with Crippen LogP contribution in [0.25, 0.3) is 0 Å². The lowest BCUT2D eigenvalue weighted by atomic mass is 9.46. The Morgan fingerprint density at radius 3 is 2.68 bits per heavy atom. The maximum Gasteiger partial charge on any atom is 0.220 e. The van der Waals surface area contributed by atoms with Gasteiger partial charge in [-0.25, -0.2) is 0 Å². The Morgan fingerprint density at radius 2 is 1.91 bits per heavy atom. The Morgan fingerprint density at radius 1 is 1.09 bits per heavy atom. The van der Waals surface area contributed by atoms with Crippen molar-refractivity contribution >= 4 is 5.91 Å². The molecule has 6 nitrogen and oxygen atoms in total. The number of furan rings is 1. The molecule has 2 aliphatic carbocycles. The number of carbonyl (C=O) groups is 1. The topological polar surface area (TPSA) is 80.9 Å². The van der Waals surface area contributed by atoms with E-state index in [1.165, 1.54) is 5.56 Å². The highest BCUT2D eigenvalue weighted by molar-refractivity contribution is 5.76. The molecule has 2 heterocycles. The molecule has 1 aromatic carbocycles. The first-order valence-corrected chi connectivity index (χ1v) is 12.7. The Hall–Kier alpha value is -2.15. The number of aliphatic hydroxyl groups is 1. The van der Waals surface area contributed by atoms with Crippen molar-refractivity contribution in [3.63, 3.8) is 0 Å². The molecule has 2 aromatic rings. The van der Waals surface area contributed by atoms with Crippen LogP contribution >= 0.6 is 0 Å². The molecule has 0 bridgehead atoms. The summed E-state index contributed by atoms with van der Waals surface area (Å²) < 4.78 is 18.2. The summed E-state index contributed by atoms with van der Waals surface area (Å²) in [5, 5.41) is 14.0. The van der Waals surface area contributed by atoms with Gasteiger partial charge >= 0.3 is 0 Å². The fourth-order valence-electron chi connectivity index (χ4n) is 7.07. The molecule has 1 aliphatic heterocycles. The number of ether oxygens (including phenoxy) is 2. The summed E-state index contributed by atoms with van der Waals surface area (Å²) >= 11 is 0. The van der Waals surface area contributed by atoms with Crippen molar-refractivity contribution in [1.82, 2.24) is 5.32 Å². The first kappa shape index (κ1) is 23.6. The van der Waals surface area contributed by atoms with Gasteiger partial charge < -0.3 is 24.3 Å². The predicted octanol–water partition coefficient (Wildman–Crippen LogP) is 4.46. The van der Waals surface area contributed by atoms with Gasteiger partial charge in [-0.3, -0.25) is 4.79 Å². The number of rotatable bonds is 6. The molecule has 34 heavy (non-hydrogen) atoms. The van der Waals surface area contributed by atoms with Crippen molar-refractivity contribution in [2.24, 2.45) is 22.7 Å². The second-order valence-corrected chi connectivity index (χ2v) is 11.0. The molecule has 0 radical (unpaired) electrons. The summed E-state index contributed by atoms with van der Waals surface area (Å²) in [4.78, 5) is 12.8. The highest BCUT2D eigenvalue weighted by Gasteiger charge is 2.61. The van der Waals surface area contributed by atoms with Crippen LogP contribution in [0.4, 0.5) is 0 Å². The van der Waals surface area contributed by atoms with E-state index in [0.717, 1.165) is 31.4 Å². The van der Waals surface area contributed by atoms with E-state index in [2.05, 4.69) is 31.3 Å². The molecular weight excluding hydrogens is 430 g/mol. The number of nitrogens with one attached hydrogen (secondary N) is 1. The molecule has 3 aliphatic rings. The maximum atomic E-state index is 12.8. The van der Waals surface area contributed by atoms with Gasteiger partial charge in [-0.05, 0) is 60.6 Å². The number of fused-ring (bicyclic) bond motifs is 3. The first-order chi connectivity index (χ1) is 16.4. The van der Waals surface area contributed by atoms with Crippen LogP contribution in [0.1, 0.15) is 57.3 Å². The minimum absolute atomic E-state index is 0.0336. The number of carbonyl (C=O) groups excluding carboxylic acids is 1. The SMILES string of the molecule is CC12COC(Cc3ccccc3)OC1CCC1(C)C(CC(=O)NCc3ccco3)C(O)CCC21. The summed E-state index contributed by atoms with van der Waals surface area (Å²) in [6.07, 6.45) is 5.66. The molecule has 2 N–H and O–H groups in total.